The molecule has 2 aromatic carbocycles. The molecule has 0 aliphatic rings. The molecule has 2 aromatic rings. The van der Waals surface area contributed by atoms with Crippen molar-refractivity contribution < 1.29 is 4.39 Å². The molecule has 0 aliphatic carbocycles. The van der Waals surface area contributed by atoms with Crippen LogP contribution in [-0.2, 0) is 0 Å². The minimum atomic E-state index is -0.220. The first-order chi connectivity index (χ1) is 9.49. The topological polar surface area (TPSA) is 29.3 Å². The van der Waals surface area contributed by atoms with Crippen molar-refractivity contribution in [2.24, 2.45) is 5.73 Å². The van der Waals surface area contributed by atoms with E-state index in [4.69, 9.17) is 5.73 Å². The fourth-order valence-electron chi connectivity index (χ4n) is 2.49. The van der Waals surface area contributed by atoms with Crippen LogP contribution in [0.25, 0.3) is 0 Å². The Morgan fingerprint density at radius 1 is 1.15 bits per heavy atom. The Morgan fingerprint density at radius 2 is 1.85 bits per heavy atom. The lowest BCUT2D eigenvalue weighted by Gasteiger charge is -2.25. The first-order valence-corrected chi connectivity index (χ1v) is 6.77. The predicted octanol–water partition coefficient (Wildman–Crippen LogP) is 3.58. The molecule has 1 unspecified atom stereocenters. The van der Waals surface area contributed by atoms with Crippen LogP contribution in [0.4, 0.5) is 10.1 Å². The molecule has 0 heterocycles. The number of nitrogens with zero attached hydrogens (tertiary/aromatic N) is 1. The summed E-state index contributed by atoms with van der Waals surface area (Å²) in [6.07, 6.45) is 0. The maximum atomic E-state index is 13.7. The molecule has 3 heteroatoms. The summed E-state index contributed by atoms with van der Waals surface area (Å²) in [5, 5.41) is 0. The number of hydrogen-bond acceptors (Lipinski definition) is 2. The number of hydrogen-bond donors (Lipinski definition) is 1. The summed E-state index contributed by atoms with van der Waals surface area (Å²) >= 11 is 0. The highest BCUT2D eigenvalue weighted by Crippen LogP contribution is 2.22. The van der Waals surface area contributed by atoms with Crippen LogP contribution in [-0.4, -0.2) is 13.6 Å². The molecular formula is C17H21FN2. The van der Waals surface area contributed by atoms with Crippen molar-refractivity contribution in [3.05, 3.63) is 65.0 Å². The largest absolute Gasteiger partial charge is 0.370 e. The fourth-order valence-corrected chi connectivity index (χ4v) is 2.49. The van der Waals surface area contributed by atoms with Gasteiger partial charge in [-0.05, 0) is 37.1 Å². The lowest BCUT2D eigenvalue weighted by Crippen LogP contribution is -2.30. The van der Waals surface area contributed by atoms with Crippen LogP contribution in [0, 0.1) is 19.7 Å². The molecule has 0 amide bonds. The van der Waals surface area contributed by atoms with Crippen molar-refractivity contribution in [2.75, 3.05) is 18.5 Å². The van der Waals surface area contributed by atoms with Crippen LogP contribution in [0.1, 0.15) is 22.7 Å². The van der Waals surface area contributed by atoms with Crippen molar-refractivity contribution in [1.29, 1.82) is 0 Å². The van der Waals surface area contributed by atoms with E-state index < -0.39 is 0 Å². The molecular weight excluding hydrogens is 251 g/mol. The van der Waals surface area contributed by atoms with Crippen molar-refractivity contribution in [1.82, 2.24) is 0 Å². The van der Waals surface area contributed by atoms with Crippen LogP contribution >= 0.6 is 0 Å². The highest BCUT2D eigenvalue weighted by atomic mass is 19.1. The molecule has 0 bridgehead atoms. The van der Waals surface area contributed by atoms with E-state index in [-0.39, 0.29) is 11.9 Å². The summed E-state index contributed by atoms with van der Waals surface area (Å²) in [7, 11) is 1.86. The van der Waals surface area contributed by atoms with Crippen LogP contribution in [0.3, 0.4) is 0 Å². The van der Waals surface area contributed by atoms with Gasteiger partial charge in [-0.15, -0.1) is 0 Å². The lowest BCUT2D eigenvalue weighted by molar-refractivity contribution is 0.614. The zero-order chi connectivity index (χ0) is 14.7. The first kappa shape index (κ1) is 14.5. The standard InChI is InChI=1S/C17H21FN2/c1-12-8-9-14(13(2)10-12)16(19)11-20(3)17-7-5-4-6-15(17)18/h4-10,16H,11,19H2,1-3H3. The summed E-state index contributed by atoms with van der Waals surface area (Å²) in [6, 6.07) is 12.9. The van der Waals surface area contributed by atoms with Gasteiger partial charge in [0.05, 0.1) is 5.69 Å². The SMILES string of the molecule is Cc1ccc(C(N)CN(C)c2ccccc2F)c(C)c1. The highest BCUT2D eigenvalue weighted by Gasteiger charge is 2.14. The first-order valence-electron chi connectivity index (χ1n) is 6.77. The van der Waals surface area contributed by atoms with Crippen LogP contribution in [0.2, 0.25) is 0 Å². The van der Waals surface area contributed by atoms with E-state index in [1.807, 2.05) is 18.0 Å². The molecule has 0 spiro atoms. The maximum Gasteiger partial charge on any atom is 0.146 e. The van der Waals surface area contributed by atoms with Gasteiger partial charge in [0, 0.05) is 19.6 Å². The quantitative estimate of drug-likeness (QED) is 0.921. The average Bonchev–Trinajstić information content (AvgIpc) is 2.38. The Morgan fingerprint density at radius 3 is 2.50 bits per heavy atom. The number of nitrogens with two attached hydrogens (primary N) is 1. The smallest absolute Gasteiger partial charge is 0.146 e. The van der Waals surface area contributed by atoms with E-state index in [2.05, 4.69) is 32.0 Å². The number of halogens is 1. The third-order valence-electron chi connectivity index (χ3n) is 3.56. The number of anilines is 1. The molecule has 1 atom stereocenters. The number of aryl methyl sites for hydroxylation is 2. The second-order valence-corrected chi connectivity index (χ2v) is 5.30. The highest BCUT2D eigenvalue weighted by molar-refractivity contribution is 5.47. The van der Waals surface area contributed by atoms with Gasteiger partial charge < -0.3 is 10.6 Å². The second-order valence-electron chi connectivity index (χ2n) is 5.30. The van der Waals surface area contributed by atoms with Gasteiger partial charge in [-0.3, -0.25) is 0 Å². The molecule has 0 aromatic heterocycles. The van der Waals surface area contributed by atoms with Crippen molar-refractivity contribution in [3.8, 4) is 0 Å². The zero-order valence-corrected chi connectivity index (χ0v) is 12.2. The fraction of sp³-hybridized carbons (Fsp3) is 0.294. The third-order valence-corrected chi connectivity index (χ3v) is 3.56. The Labute approximate surface area is 120 Å². The van der Waals surface area contributed by atoms with Crippen molar-refractivity contribution in [3.63, 3.8) is 0 Å². The summed E-state index contributed by atoms with van der Waals surface area (Å²) in [4.78, 5) is 1.86. The molecule has 2 rings (SSSR count). The second kappa shape index (κ2) is 6.06. The van der Waals surface area contributed by atoms with Gasteiger partial charge in [0.25, 0.3) is 0 Å². The Kier molecular flexibility index (Phi) is 4.40. The molecule has 0 fully saturated rings. The molecule has 2 N–H and O–H groups in total. The maximum absolute atomic E-state index is 13.7. The Balaban J connectivity index is 2.15. The minimum Gasteiger partial charge on any atom is -0.370 e. The molecule has 0 saturated carbocycles. The van der Waals surface area contributed by atoms with E-state index in [0.717, 1.165) is 5.56 Å². The summed E-state index contributed by atoms with van der Waals surface area (Å²) in [6.45, 7) is 4.70. The van der Waals surface area contributed by atoms with Gasteiger partial charge in [-0.25, -0.2) is 4.39 Å². The number of benzene rings is 2. The van der Waals surface area contributed by atoms with Crippen LogP contribution < -0.4 is 10.6 Å². The number of likely N-dealkylation sites (N-methyl/N-ethyl adjacent to an activating group) is 1. The molecule has 2 nitrogen and oxygen atoms in total. The summed E-state index contributed by atoms with van der Waals surface area (Å²) in [5.41, 5.74) is 10.4. The van der Waals surface area contributed by atoms with Gasteiger partial charge in [0.2, 0.25) is 0 Å². The molecule has 0 aliphatic heterocycles. The summed E-state index contributed by atoms with van der Waals surface area (Å²) in [5.74, 6) is -0.220. The van der Waals surface area contributed by atoms with Gasteiger partial charge in [0.1, 0.15) is 5.82 Å². The van der Waals surface area contributed by atoms with E-state index in [9.17, 15) is 4.39 Å². The molecule has 106 valence electrons. The summed E-state index contributed by atoms with van der Waals surface area (Å²) < 4.78 is 13.7. The van der Waals surface area contributed by atoms with E-state index >= 15 is 0 Å². The number of rotatable bonds is 4. The van der Waals surface area contributed by atoms with E-state index in [1.165, 1.54) is 17.2 Å². The lowest BCUT2D eigenvalue weighted by atomic mass is 9.99. The monoisotopic (exact) mass is 272 g/mol. The average molecular weight is 272 g/mol. The van der Waals surface area contributed by atoms with Gasteiger partial charge in [-0.2, -0.15) is 0 Å². The van der Waals surface area contributed by atoms with E-state index in [0.29, 0.717) is 12.2 Å². The van der Waals surface area contributed by atoms with Crippen LogP contribution in [0.5, 0.6) is 0 Å². The molecule has 0 saturated heterocycles. The normalized spacial score (nSPS) is 12.2. The molecule has 0 radical (unpaired) electrons. The van der Waals surface area contributed by atoms with Crippen molar-refractivity contribution in [2.45, 2.75) is 19.9 Å². The predicted molar refractivity (Wildman–Crippen MR) is 82.5 cm³/mol. The Bertz CT molecular complexity index is 595. The zero-order valence-electron chi connectivity index (χ0n) is 12.2. The van der Waals surface area contributed by atoms with Crippen LogP contribution in [0.15, 0.2) is 42.5 Å². The van der Waals surface area contributed by atoms with Gasteiger partial charge in [0.15, 0.2) is 0 Å². The minimum absolute atomic E-state index is 0.139. The van der Waals surface area contributed by atoms with Gasteiger partial charge in [-0.1, -0.05) is 35.9 Å². The van der Waals surface area contributed by atoms with E-state index in [1.54, 1.807) is 12.1 Å². The third kappa shape index (κ3) is 3.17. The van der Waals surface area contributed by atoms with Crippen molar-refractivity contribution >= 4 is 5.69 Å². The molecule has 20 heavy (non-hydrogen) atoms. The Hall–Kier alpha value is -1.87. The number of para-hydroxylation sites is 1. The van der Waals surface area contributed by atoms with Gasteiger partial charge >= 0.3 is 0 Å².